The predicted molar refractivity (Wildman–Crippen MR) is 127 cm³/mol. The van der Waals surface area contributed by atoms with Gasteiger partial charge in [-0.25, -0.2) is 9.59 Å². The normalized spacial score (nSPS) is 11.8. The highest BCUT2D eigenvalue weighted by atomic mass is 35.5. The van der Waals surface area contributed by atoms with Crippen LogP contribution in [-0.4, -0.2) is 17.9 Å². The number of rotatable bonds is 8. The molecule has 1 amide bonds. The Hall–Kier alpha value is -3.84. The quantitative estimate of drug-likeness (QED) is 0.291. The van der Waals surface area contributed by atoms with E-state index in [-0.39, 0.29) is 18.8 Å². The van der Waals surface area contributed by atoms with Gasteiger partial charge in [-0.1, -0.05) is 48.9 Å². The number of aryl methyl sites for hydroxylation is 1. The van der Waals surface area contributed by atoms with Crippen molar-refractivity contribution in [3.63, 3.8) is 0 Å². The summed E-state index contributed by atoms with van der Waals surface area (Å²) in [5.74, 6) is -1.10. The van der Waals surface area contributed by atoms with E-state index in [0.717, 1.165) is 11.1 Å². The van der Waals surface area contributed by atoms with Crippen LogP contribution < -0.4 is 10.9 Å². The number of furan rings is 1. The molecule has 7 nitrogen and oxygen atoms in total. The van der Waals surface area contributed by atoms with Crippen LogP contribution in [-0.2, 0) is 29.0 Å². The lowest BCUT2D eigenvalue weighted by Crippen LogP contribution is -2.43. The molecule has 0 bridgehead atoms. The molecule has 8 heteroatoms. The summed E-state index contributed by atoms with van der Waals surface area (Å²) in [6.45, 7) is 1.76. The number of carbonyl (C=O) groups is 2. The van der Waals surface area contributed by atoms with Crippen LogP contribution in [0, 0.1) is 0 Å². The van der Waals surface area contributed by atoms with Gasteiger partial charge in [0.2, 0.25) is 0 Å². The molecule has 2 aromatic heterocycles. The van der Waals surface area contributed by atoms with E-state index in [0.29, 0.717) is 28.0 Å². The maximum absolute atomic E-state index is 13.0. The lowest BCUT2D eigenvalue weighted by molar-refractivity contribution is -0.147. The highest BCUT2D eigenvalue weighted by Crippen LogP contribution is 2.26. The summed E-state index contributed by atoms with van der Waals surface area (Å²) in [4.78, 5) is 37.6. The fourth-order valence-corrected chi connectivity index (χ4v) is 3.91. The molecule has 1 atom stereocenters. The fraction of sp³-hybridized carbons (Fsp3) is 0.192. The molecular weight excluding hydrogens is 458 g/mol. The largest absolute Gasteiger partial charge is 0.459 e. The van der Waals surface area contributed by atoms with Crippen molar-refractivity contribution < 1.29 is 23.2 Å². The van der Waals surface area contributed by atoms with Crippen LogP contribution in [0.3, 0.4) is 0 Å². The van der Waals surface area contributed by atoms with E-state index < -0.39 is 23.5 Å². The minimum atomic E-state index is -0.971. The smallest absolute Gasteiger partial charge is 0.336 e. The van der Waals surface area contributed by atoms with Gasteiger partial charge in [0.25, 0.3) is 5.91 Å². The Morgan fingerprint density at radius 1 is 1.06 bits per heavy atom. The van der Waals surface area contributed by atoms with Crippen LogP contribution >= 0.6 is 11.6 Å². The molecule has 0 saturated heterocycles. The first kappa shape index (κ1) is 23.3. The van der Waals surface area contributed by atoms with Crippen LogP contribution in [0.4, 0.5) is 0 Å². The van der Waals surface area contributed by atoms with Crippen molar-refractivity contribution in [1.82, 2.24) is 5.32 Å². The number of nitrogens with one attached hydrogen (secondary N) is 1. The van der Waals surface area contributed by atoms with Crippen molar-refractivity contribution in [3.05, 3.63) is 105 Å². The van der Waals surface area contributed by atoms with E-state index in [9.17, 15) is 14.4 Å². The Kier molecular flexibility index (Phi) is 7.13. The Morgan fingerprint density at radius 3 is 2.56 bits per heavy atom. The number of amides is 1. The summed E-state index contributed by atoms with van der Waals surface area (Å²) in [6.07, 6.45) is 2.27. The third-order valence-corrected chi connectivity index (χ3v) is 5.72. The van der Waals surface area contributed by atoms with Gasteiger partial charge < -0.3 is 18.9 Å². The number of esters is 1. The van der Waals surface area contributed by atoms with E-state index in [1.54, 1.807) is 18.2 Å². The second-order valence-electron chi connectivity index (χ2n) is 7.68. The van der Waals surface area contributed by atoms with E-state index >= 15 is 0 Å². The van der Waals surface area contributed by atoms with E-state index in [2.05, 4.69) is 5.32 Å². The average Bonchev–Trinajstić information content (AvgIpc) is 3.38. The highest BCUT2D eigenvalue weighted by molar-refractivity contribution is 6.32. The molecule has 0 aliphatic heterocycles. The van der Waals surface area contributed by atoms with Crippen molar-refractivity contribution >= 4 is 34.4 Å². The first-order chi connectivity index (χ1) is 16.4. The first-order valence-corrected chi connectivity index (χ1v) is 11.1. The summed E-state index contributed by atoms with van der Waals surface area (Å²) < 4.78 is 16.0. The van der Waals surface area contributed by atoms with Gasteiger partial charge in [-0.2, -0.15) is 0 Å². The molecule has 0 aliphatic carbocycles. The van der Waals surface area contributed by atoms with Gasteiger partial charge in [-0.3, -0.25) is 4.79 Å². The average molecular weight is 480 g/mol. The Labute approximate surface area is 200 Å². The second kappa shape index (κ2) is 10.4. The SMILES string of the molecule is CCc1cc2oc(=O)cc(COC(=O)[C@H](Cc3ccccc3)NC(=O)c3ccco3)c2cc1Cl. The lowest BCUT2D eigenvalue weighted by atomic mass is 10.1. The van der Waals surface area contributed by atoms with Gasteiger partial charge in [0.05, 0.1) is 6.26 Å². The Balaban J connectivity index is 1.56. The molecule has 0 fully saturated rings. The second-order valence-corrected chi connectivity index (χ2v) is 8.09. The maximum Gasteiger partial charge on any atom is 0.336 e. The zero-order valence-electron chi connectivity index (χ0n) is 18.4. The van der Waals surface area contributed by atoms with Gasteiger partial charge in [-0.05, 0) is 41.8 Å². The molecule has 2 aromatic carbocycles. The Morgan fingerprint density at radius 2 is 1.85 bits per heavy atom. The van der Waals surface area contributed by atoms with Crippen LogP contribution in [0.1, 0.15) is 34.2 Å². The third-order valence-electron chi connectivity index (χ3n) is 5.37. The van der Waals surface area contributed by atoms with Gasteiger partial charge >= 0.3 is 11.6 Å². The van der Waals surface area contributed by atoms with Crippen molar-refractivity contribution in [2.45, 2.75) is 32.4 Å². The van der Waals surface area contributed by atoms with Crippen molar-refractivity contribution in [2.24, 2.45) is 0 Å². The topological polar surface area (TPSA) is 98.7 Å². The molecule has 0 unspecified atom stereocenters. The van der Waals surface area contributed by atoms with Crippen molar-refractivity contribution in [2.75, 3.05) is 0 Å². The molecule has 174 valence electrons. The molecule has 0 aliphatic rings. The van der Waals surface area contributed by atoms with Crippen molar-refractivity contribution in [1.29, 1.82) is 0 Å². The van der Waals surface area contributed by atoms with Crippen LogP contribution in [0.15, 0.2) is 80.6 Å². The van der Waals surface area contributed by atoms with E-state index in [4.69, 9.17) is 25.2 Å². The number of hydrogen-bond acceptors (Lipinski definition) is 6. The molecular formula is C26H22ClNO6. The van der Waals surface area contributed by atoms with Crippen LogP contribution in [0.5, 0.6) is 0 Å². The molecule has 0 saturated carbocycles. The number of ether oxygens (including phenoxy) is 1. The zero-order chi connectivity index (χ0) is 24.1. The minimum absolute atomic E-state index is 0.0823. The van der Waals surface area contributed by atoms with E-state index in [1.165, 1.54) is 18.4 Å². The molecule has 0 radical (unpaired) electrons. The summed E-state index contributed by atoms with van der Waals surface area (Å²) in [5.41, 5.74) is 1.95. The molecule has 1 N–H and O–H groups in total. The minimum Gasteiger partial charge on any atom is -0.459 e. The van der Waals surface area contributed by atoms with Gasteiger partial charge in [0.1, 0.15) is 18.2 Å². The fourth-order valence-electron chi connectivity index (χ4n) is 3.61. The van der Waals surface area contributed by atoms with Crippen molar-refractivity contribution in [3.8, 4) is 0 Å². The zero-order valence-corrected chi connectivity index (χ0v) is 19.1. The maximum atomic E-state index is 13.0. The summed E-state index contributed by atoms with van der Waals surface area (Å²) in [7, 11) is 0. The number of fused-ring (bicyclic) bond motifs is 1. The highest BCUT2D eigenvalue weighted by Gasteiger charge is 2.25. The Bertz CT molecular complexity index is 1360. The van der Waals surface area contributed by atoms with Crippen LogP contribution in [0.2, 0.25) is 5.02 Å². The van der Waals surface area contributed by atoms with Gasteiger partial charge in [0, 0.05) is 28.5 Å². The van der Waals surface area contributed by atoms with Gasteiger partial charge in [-0.15, -0.1) is 0 Å². The number of halogens is 1. The molecule has 4 aromatic rings. The predicted octanol–water partition coefficient (Wildman–Crippen LogP) is 4.69. The lowest BCUT2D eigenvalue weighted by Gasteiger charge is -2.18. The van der Waals surface area contributed by atoms with Gasteiger partial charge in [0.15, 0.2) is 5.76 Å². The first-order valence-electron chi connectivity index (χ1n) is 10.7. The number of carbonyl (C=O) groups excluding carboxylic acids is 2. The number of benzene rings is 2. The monoisotopic (exact) mass is 479 g/mol. The van der Waals surface area contributed by atoms with E-state index in [1.807, 2.05) is 37.3 Å². The number of hydrogen-bond donors (Lipinski definition) is 1. The molecule has 0 spiro atoms. The summed E-state index contributed by atoms with van der Waals surface area (Å²) in [5, 5.41) is 3.78. The summed E-state index contributed by atoms with van der Waals surface area (Å²) >= 11 is 6.34. The summed E-state index contributed by atoms with van der Waals surface area (Å²) in [6, 6.07) is 16.0. The van der Waals surface area contributed by atoms with Crippen LogP contribution in [0.25, 0.3) is 11.0 Å². The molecule has 2 heterocycles. The molecule has 4 rings (SSSR count). The third kappa shape index (κ3) is 5.38. The standard InChI is InChI=1S/C26H22ClNO6/c1-2-17-12-23-19(14-20(17)27)18(13-24(29)34-23)15-33-26(31)21(11-16-7-4-3-5-8-16)28-25(30)22-9-6-10-32-22/h3-10,12-14,21H,2,11,15H2,1H3,(H,28,30)/t21-/m0/s1. The molecule has 34 heavy (non-hydrogen) atoms.